The molecule has 0 saturated carbocycles. The van der Waals surface area contributed by atoms with E-state index in [9.17, 15) is 19.2 Å². The Balaban J connectivity index is 0.000000371. The van der Waals surface area contributed by atoms with E-state index in [1.54, 1.807) is 84.0 Å². The van der Waals surface area contributed by atoms with Crippen LogP contribution in [-0.4, -0.2) is 47.5 Å². The molecule has 0 fully saturated rings. The lowest BCUT2D eigenvalue weighted by atomic mass is 10.1. The van der Waals surface area contributed by atoms with E-state index in [-0.39, 0.29) is 18.7 Å². The standard InChI is InChI=1S/C14H19NO4.C13H17NO4/c1-14(2,3)19-13(17)15-9-10-7-5-6-8-11(10)12(16)18-4;1-13(2,3)18-12(17)14-8-9-6-4-5-7-10(9)11(15)16/h5-8H,9H2,1-4H3,(H,15,17);4-7H,8H2,1-3H3,(H,14,17)(H,15,16). The first-order chi connectivity index (χ1) is 17.1. The lowest BCUT2D eigenvalue weighted by molar-refractivity contribution is 0.0511. The zero-order valence-corrected chi connectivity index (χ0v) is 22.3. The van der Waals surface area contributed by atoms with E-state index in [4.69, 9.17) is 14.6 Å². The van der Waals surface area contributed by atoms with Crippen LogP contribution in [0.15, 0.2) is 48.5 Å². The number of hydrogen-bond donors (Lipinski definition) is 3. The van der Waals surface area contributed by atoms with Crippen LogP contribution in [0.3, 0.4) is 0 Å². The summed E-state index contributed by atoms with van der Waals surface area (Å²) in [5.74, 6) is -1.45. The summed E-state index contributed by atoms with van der Waals surface area (Å²) in [6, 6.07) is 13.4. The van der Waals surface area contributed by atoms with Crippen LogP contribution in [0, 0.1) is 0 Å². The van der Waals surface area contributed by atoms with Crippen LogP contribution >= 0.6 is 0 Å². The molecule has 0 aromatic heterocycles. The number of hydrogen-bond acceptors (Lipinski definition) is 7. The highest BCUT2D eigenvalue weighted by atomic mass is 16.6. The molecule has 0 unspecified atom stereocenters. The summed E-state index contributed by atoms with van der Waals surface area (Å²) >= 11 is 0. The number of rotatable bonds is 6. The Bertz CT molecular complexity index is 1080. The Morgan fingerprint density at radius 3 is 1.46 bits per heavy atom. The molecule has 0 saturated heterocycles. The van der Waals surface area contributed by atoms with Crippen LogP contribution in [0.5, 0.6) is 0 Å². The fraction of sp³-hybridized carbons (Fsp3) is 0.407. The molecule has 0 bridgehead atoms. The number of carbonyl (C=O) groups is 4. The first-order valence-corrected chi connectivity index (χ1v) is 11.5. The first-order valence-electron chi connectivity index (χ1n) is 11.5. The molecule has 0 aliphatic carbocycles. The van der Waals surface area contributed by atoms with Gasteiger partial charge >= 0.3 is 24.1 Å². The number of esters is 1. The third-order valence-corrected chi connectivity index (χ3v) is 4.31. The van der Waals surface area contributed by atoms with Crippen molar-refractivity contribution < 1.29 is 38.5 Å². The van der Waals surface area contributed by atoms with E-state index in [1.165, 1.54) is 13.2 Å². The highest BCUT2D eigenvalue weighted by molar-refractivity contribution is 5.91. The minimum absolute atomic E-state index is 0.122. The van der Waals surface area contributed by atoms with Gasteiger partial charge in [0.2, 0.25) is 0 Å². The maximum absolute atomic E-state index is 11.5. The van der Waals surface area contributed by atoms with Crippen molar-refractivity contribution in [1.82, 2.24) is 10.6 Å². The van der Waals surface area contributed by atoms with Gasteiger partial charge < -0.3 is 30.0 Å². The maximum atomic E-state index is 11.5. The Kier molecular flexibility index (Phi) is 11.6. The van der Waals surface area contributed by atoms with Gasteiger partial charge in [0.05, 0.1) is 18.2 Å². The van der Waals surface area contributed by atoms with Gasteiger partial charge in [-0.3, -0.25) is 0 Å². The highest BCUT2D eigenvalue weighted by Crippen LogP contribution is 2.12. The predicted octanol–water partition coefficient (Wildman–Crippen LogP) is 4.91. The Hall–Kier alpha value is -4.08. The zero-order chi connectivity index (χ0) is 28.2. The van der Waals surface area contributed by atoms with Crippen LogP contribution in [0.2, 0.25) is 0 Å². The highest BCUT2D eigenvalue weighted by Gasteiger charge is 2.18. The van der Waals surface area contributed by atoms with Gasteiger partial charge in [-0.2, -0.15) is 0 Å². The Morgan fingerprint density at radius 2 is 1.08 bits per heavy atom. The first kappa shape index (κ1) is 31.0. The molecule has 0 radical (unpaired) electrons. The molecule has 0 aliphatic rings. The molecule has 2 rings (SSSR count). The number of alkyl carbamates (subject to hydrolysis) is 2. The summed E-state index contributed by atoms with van der Waals surface area (Å²) in [4.78, 5) is 45.5. The summed E-state index contributed by atoms with van der Waals surface area (Å²) in [7, 11) is 1.32. The van der Waals surface area contributed by atoms with Crippen molar-refractivity contribution in [3.8, 4) is 0 Å². The van der Waals surface area contributed by atoms with Gasteiger partial charge in [0.25, 0.3) is 0 Å². The molecule has 0 aliphatic heterocycles. The average molecular weight is 517 g/mol. The van der Waals surface area contributed by atoms with Gasteiger partial charge in [0.1, 0.15) is 11.2 Å². The number of aromatic carboxylic acids is 1. The summed E-state index contributed by atoms with van der Waals surface area (Å²) < 4.78 is 14.9. The molecule has 0 atom stereocenters. The number of benzene rings is 2. The summed E-state index contributed by atoms with van der Waals surface area (Å²) in [5.41, 5.74) is 0.702. The fourth-order valence-corrected chi connectivity index (χ4v) is 2.83. The van der Waals surface area contributed by atoms with E-state index in [1.807, 2.05) is 0 Å². The molecule has 202 valence electrons. The van der Waals surface area contributed by atoms with Crippen molar-refractivity contribution >= 4 is 24.1 Å². The van der Waals surface area contributed by atoms with Crippen molar-refractivity contribution in [3.05, 3.63) is 70.8 Å². The van der Waals surface area contributed by atoms with E-state index >= 15 is 0 Å². The van der Waals surface area contributed by atoms with Gasteiger partial charge in [0.15, 0.2) is 0 Å². The van der Waals surface area contributed by atoms with Crippen molar-refractivity contribution in [1.29, 1.82) is 0 Å². The molecule has 10 nitrogen and oxygen atoms in total. The quantitative estimate of drug-likeness (QED) is 0.363. The smallest absolute Gasteiger partial charge is 0.407 e. The van der Waals surface area contributed by atoms with E-state index in [2.05, 4.69) is 15.4 Å². The Labute approximate surface area is 217 Å². The number of carbonyl (C=O) groups excluding carboxylic acids is 3. The minimum atomic E-state index is -1.02. The van der Waals surface area contributed by atoms with Crippen molar-refractivity contribution in [2.45, 2.75) is 65.8 Å². The molecule has 0 spiro atoms. The van der Waals surface area contributed by atoms with E-state index < -0.39 is 35.3 Å². The van der Waals surface area contributed by atoms with Crippen LogP contribution in [-0.2, 0) is 27.3 Å². The van der Waals surface area contributed by atoms with Gasteiger partial charge in [0, 0.05) is 13.1 Å². The van der Waals surface area contributed by atoms with Crippen LogP contribution in [0.25, 0.3) is 0 Å². The fourth-order valence-electron chi connectivity index (χ4n) is 2.83. The predicted molar refractivity (Wildman–Crippen MR) is 137 cm³/mol. The minimum Gasteiger partial charge on any atom is -0.478 e. The monoisotopic (exact) mass is 516 g/mol. The lowest BCUT2D eigenvalue weighted by Gasteiger charge is -2.20. The lowest BCUT2D eigenvalue weighted by Crippen LogP contribution is -2.32. The molecule has 3 N–H and O–H groups in total. The molecule has 37 heavy (non-hydrogen) atoms. The van der Waals surface area contributed by atoms with Gasteiger partial charge in [-0.1, -0.05) is 36.4 Å². The van der Waals surface area contributed by atoms with E-state index in [0.29, 0.717) is 16.7 Å². The number of carboxylic acids is 1. The number of carboxylic acid groups (broad SMARTS) is 1. The van der Waals surface area contributed by atoms with Gasteiger partial charge in [-0.25, -0.2) is 19.2 Å². The molecular formula is C27H36N2O8. The van der Waals surface area contributed by atoms with Crippen molar-refractivity contribution in [2.75, 3.05) is 7.11 Å². The number of ether oxygens (including phenoxy) is 3. The van der Waals surface area contributed by atoms with Crippen LogP contribution in [0.4, 0.5) is 9.59 Å². The third-order valence-electron chi connectivity index (χ3n) is 4.31. The average Bonchev–Trinajstić information content (AvgIpc) is 2.79. The zero-order valence-electron chi connectivity index (χ0n) is 22.3. The van der Waals surface area contributed by atoms with Crippen molar-refractivity contribution in [2.24, 2.45) is 0 Å². The Morgan fingerprint density at radius 1 is 0.703 bits per heavy atom. The van der Waals surface area contributed by atoms with E-state index in [0.717, 1.165) is 0 Å². The summed E-state index contributed by atoms with van der Waals surface area (Å²) in [6.07, 6.45) is -1.09. The second-order valence-electron chi connectivity index (χ2n) is 9.82. The molecule has 0 heterocycles. The van der Waals surface area contributed by atoms with Crippen molar-refractivity contribution in [3.63, 3.8) is 0 Å². The molecule has 2 aromatic carbocycles. The third kappa shape index (κ3) is 12.4. The number of methoxy groups -OCH3 is 1. The largest absolute Gasteiger partial charge is 0.478 e. The topological polar surface area (TPSA) is 140 Å². The van der Waals surface area contributed by atoms with Crippen LogP contribution < -0.4 is 10.6 Å². The van der Waals surface area contributed by atoms with Gasteiger partial charge in [-0.15, -0.1) is 0 Å². The molecule has 2 aromatic rings. The second kappa shape index (κ2) is 13.9. The molecule has 2 amide bonds. The number of amides is 2. The number of nitrogens with one attached hydrogen (secondary N) is 2. The molecular weight excluding hydrogens is 480 g/mol. The SMILES string of the molecule is CC(C)(C)OC(=O)NCc1ccccc1C(=O)O.COC(=O)c1ccccc1CNC(=O)OC(C)(C)C. The summed E-state index contributed by atoms with van der Waals surface area (Å²) in [5, 5.41) is 14.1. The second-order valence-corrected chi connectivity index (χ2v) is 9.82. The van der Waals surface area contributed by atoms with Gasteiger partial charge in [-0.05, 0) is 64.8 Å². The summed E-state index contributed by atoms with van der Waals surface area (Å²) in [6.45, 7) is 11.0. The van der Waals surface area contributed by atoms with Crippen LogP contribution in [0.1, 0.15) is 73.4 Å². The molecule has 10 heteroatoms. The normalized spacial score (nSPS) is 10.8. The maximum Gasteiger partial charge on any atom is 0.407 e.